The van der Waals surface area contributed by atoms with Crippen LogP contribution >= 0.6 is 15.9 Å². The van der Waals surface area contributed by atoms with Crippen molar-refractivity contribution in [3.05, 3.63) is 22.2 Å². The normalized spacial score (nSPS) is 10.2. The van der Waals surface area contributed by atoms with Crippen molar-refractivity contribution < 1.29 is 14.3 Å². The van der Waals surface area contributed by atoms with E-state index in [1.807, 2.05) is 12.1 Å². The van der Waals surface area contributed by atoms with Crippen LogP contribution in [0.2, 0.25) is 0 Å². The van der Waals surface area contributed by atoms with Gasteiger partial charge in [-0.3, -0.25) is 4.79 Å². The zero-order chi connectivity index (χ0) is 15.1. The number of halogens is 1. The van der Waals surface area contributed by atoms with E-state index in [1.54, 1.807) is 26.1 Å². The first-order valence-corrected chi connectivity index (χ1v) is 7.18. The SMILES string of the molecule is COc1cc(CCN)cc(Br)c1OCCC(=O)N(C)C. The van der Waals surface area contributed by atoms with Gasteiger partial charge >= 0.3 is 0 Å². The van der Waals surface area contributed by atoms with E-state index in [4.69, 9.17) is 15.2 Å². The monoisotopic (exact) mass is 344 g/mol. The summed E-state index contributed by atoms with van der Waals surface area (Å²) in [5.74, 6) is 1.28. The number of carbonyl (C=O) groups excluding carboxylic acids is 1. The third-order valence-electron chi connectivity index (χ3n) is 2.78. The van der Waals surface area contributed by atoms with E-state index in [-0.39, 0.29) is 5.91 Å². The van der Waals surface area contributed by atoms with Gasteiger partial charge in [-0.05, 0) is 46.6 Å². The van der Waals surface area contributed by atoms with Crippen molar-refractivity contribution in [2.45, 2.75) is 12.8 Å². The zero-order valence-corrected chi connectivity index (χ0v) is 13.7. The van der Waals surface area contributed by atoms with E-state index in [1.165, 1.54) is 0 Å². The van der Waals surface area contributed by atoms with Crippen LogP contribution in [0.1, 0.15) is 12.0 Å². The van der Waals surface area contributed by atoms with Crippen LogP contribution in [-0.2, 0) is 11.2 Å². The van der Waals surface area contributed by atoms with Gasteiger partial charge in [0.05, 0.1) is 24.6 Å². The summed E-state index contributed by atoms with van der Waals surface area (Å²) in [6.07, 6.45) is 1.10. The lowest BCUT2D eigenvalue weighted by Crippen LogP contribution is -2.23. The summed E-state index contributed by atoms with van der Waals surface area (Å²) in [7, 11) is 5.03. The summed E-state index contributed by atoms with van der Waals surface area (Å²) in [6, 6.07) is 3.86. The maximum absolute atomic E-state index is 11.5. The molecule has 0 aliphatic heterocycles. The topological polar surface area (TPSA) is 64.8 Å². The maximum Gasteiger partial charge on any atom is 0.225 e. The number of methoxy groups -OCH3 is 1. The van der Waals surface area contributed by atoms with Crippen molar-refractivity contribution in [3.8, 4) is 11.5 Å². The molecule has 5 nitrogen and oxygen atoms in total. The molecule has 0 radical (unpaired) electrons. The highest BCUT2D eigenvalue weighted by molar-refractivity contribution is 9.10. The molecule has 0 saturated heterocycles. The number of ether oxygens (including phenoxy) is 2. The fraction of sp³-hybridized carbons (Fsp3) is 0.500. The lowest BCUT2D eigenvalue weighted by molar-refractivity contribution is -0.129. The maximum atomic E-state index is 11.5. The molecule has 0 atom stereocenters. The Morgan fingerprint density at radius 2 is 2.10 bits per heavy atom. The number of amides is 1. The molecule has 0 fully saturated rings. The number of hydrogen-bond acceptors (Lipinski definition) is 4. The lowest BCUT2D eigenvalue weighted by atomic mass is 10.1. The predicted molar refractivity (Wildman–Crippen MR) is 82.3 cm³/mol. The van der Waals surface area contributed by atoms with Gasteiger partial charge in [0.25, 0.3) is 0 Å². The van der Waals surface area contributed by atoms with Crippen molar-refractivity contribution in [2.75, 3.05) is 34.4 Å². The van der Waals surface area contributed by atoms with Crippen LogP contribution in [0.5, 0.6) is 11.5 Å². The predicted octanol–water partition coefficient (Wildman–Crippen LogP) is 1.82. The largest absolute Gasteiger partial charge is 0.493 e. The first-order chi connectivity index (χ1) is 9.49. The highest BCUT2D eigenvalue weighted by Gasteiger charge is 2.12. The average Bonchev–Trinajstić information content (AvgIpc) is 2.40. The number of nitrogens with two attached hydrogens (primary N) is 1. The van der Waals surface area contributed by atoms with Crippen molar-refractivity contribution >= 4 is 21.8 Å². The molecule has 6 heteroatoms. The van der Waals surface area contributed by atoms with E-state index in [9.17, 15) is 4.79 Å². The molecule has 0 spiro atoms. The highest BCUT2D eigenvalue weighted by atomic mass is 79.9. The van der Waals surface area contributed by atoms with Crippen molar-refractivity contribution in [1.82, 2.24) is 4.90 Å². The molecule has 0 aliphatic rings. The van der Waals surface area contributed by atoms with Crippen LogP contribution in [-0.4, -0.2) is 45.2 Å². The van der Waals surface area contributed by atoms with E-state index >= 15 is 0 Å². The molecule has 0 unspecified atom stereocenters. The molecule has 2 N–H and O–H groups in total. The Bertz CT molecular complexity index is 464. The Balaban J connectivity index is 2.76. The summed E-state index contributed by atoms with van der Waals surface area (Å²) in [5.41, 5.74) is 6.63. The second-order valence-corrected chi connectivity index (χ2v) is 5.39. The number of hydrogen-bond donors (Lipinski definition) is 1. The van der Waals surface area contributed by atoms with Crippen LogP contribution < -0.4 is 15.2 Å². The Kier molecular flexibility index (Phi) is 6.81. The molecule has 1 aromatic rings. The van der Waals surface area contributed by atoms with Crippen LogP contribution in [0.25, 0.3) is 0 Å². The second kappa shape index (κ2) is 8.11. The van der Waals surface area contributed by atoms with Gasteiger partial charge in [-0.2, -0.15) is 0 Å². The molecule has 20 heavy (non-hydrogen) atoms. The molecular formula is C14H21BrN2O3. The van der Waals surface area contributed by atoms with Crippen molar-refractivity contribution in [3.63, 3.8) is 0 Å². The van der Waals surface area contributed by atoms with Gasteiger partial charge < -0.3 is 20.1 Å². The van der Waals surface area contributed by atoms with E-state index < -0.39 is 0 Å². The first kappa shape index (κ1) is 16.8. The van der Waals surface area contributed by atoms with E-state index in [2.05, 4.69) is 15.9 Å². The van der Waals surface area contributed by atoms with Crippen LogP contribution in [0.4, 0.5) is 0 Å². The smallest absolute Gasteiger partial charge is 0.225 e. The molecule has 0 aliphatic carbocycles. The zero-order valence-electron chi connectivity index (χ0n) is 12.1. The first-order valence-electron chi connectivity index (χ1n) is 6.39. The number of carbonyl (C=O) groups is 1. The van der Waals surface area contributed by atoms with Gasteiger partial charge in [-0.25, -0.2) is 0 Å². The third-order valence-corrected chi connectivity index (χ3v) is 3.37. The lowest BCUT2D eigenvalue weighted by Gasteiger charge is -2.15. The van der Waals surface area contributed by atoms with Gasteiger partial charge in [0, 0.05) is 14.1 Å². The van der Waals surface area contributed by atoms with Gasteiger partial charge in [-0.15, -0.1) is 0 Å². The van der Waals surface area contributed by atoms with Gasteiger partial charge in [-0.1, -0.05) is 0 Å². The fourth-order valence-electron chi connectivity index (χ4n) is 1.69. The molecule has 0 aromatic heterocycles. The molecule has 112 valence electrons. The molecule has 1 amide bonds. The Morgan fingerprint density at radius 1 is 1.40 bits per heavy atom. The number of rotatable bonds is 7. The summed E-state index contributed by atoms with van der Waals surface area (Å²) in [4.78, 5) is 13.0. The Hall–Kier alpha value is -1.27. The molecule has 0 heterocycles. The minimum absolute atomic E-state index is 0.0276. The average molecular weight is 345 g/mol. The molecular weight excluding hydrogens is 324 g/mol. The quantitative estimate of drug-likeness (QED) is 0.819. The molecule has 0 bridgehead atoms. The van der Waals surface area contributed by atoms with Gasteiger partial charge in [0.1, 0.15) is 0 Å². The minimum atomic E-state index is 0.0276. The van der Waals surface area contributed by atoms with Crippen molar-refractivity contribution in [1.29, 1.82) is 0 Å². The molecule has 0 saturated carbocycles. The van der Waals surface area contributed by atoms with Gasteiger partial charge in [0.15, 0.2) is 11.5 Å². The number of nitrogens with zero attached hydrogens (tertiary/aromatic N) is 1. The molecule has 1 aromatic carbocycles. The number of benzene rings is 1. The van der Waals surface area contributed by atoms with E-state index in [0.29, 0.717) is 31.1 Å². The summed E-state index contributed by atoms with van der Waals surface area (Å²) in [6.45, 7) is 0.884. The third kappa shape index (κ3) is 4.68. The Labute approximate surface area is 128 Å². The summed E-state index contributed by atoms with van der Waals surface area (Å²) < 4.78 is 11.8. The van der Waals surface area contributed by atoms with Crippen molar-refractivity contribution in [2.24, 2.45) is 5.73 Å². The van der Waals surface area contributed by atoms with Crippen LogP contribution in [0.3, 0.4) is 0 Å². The second-order valence-electron chi connectivity index (χ2n) is 4.53. The molecule has 1 rings (SSSR count). The van der Waals surface area contributed by atoms with Gasteiger partial charge in [0.2, 0.25) is 5.91 Å². The highest BCUT2D eigenvalue weighted by Crippen LogP contribution is 2.36. The fourth-order valence-corrected chi connectivity index (χ4v) is 2.29. The van der Waals surface area contributed by atoms with E-state index in [0.717, 1.165) is 16.5 Å². The standard InChI is InChI=1S/C14H21BrN2O3/c1-17(2)13(18)5-7-20-14-11(15)8-10(4-6-16)9-12(14)19-3/h8-9H,4-7,16H2,1-3H3. The van der Waals surface area contributed by atoms with Crippen LogP contribution in [0, 0.1) is 0 Å². The summed E-state index contributed by atoms with van der Waals surface area (Å²) >= 11 is 3.46. The summed E-state index contributed by atoms with van der Waals surface area (Å²) in [5, 5.41) is 0. The van der Waals surface area contributed by atoms with Crippen LogP contribution in [0.15, 0.2) is 16.6 Å². The minimum Gasteiger partial charge on any atom is -0.493 e. The Morgan fingerprint density at radius 3 is 2.65 bits per heavy atom.